The summed E-state index contributed by atoms with van der Waals surface area (Å²) in [6.45, 7) is 8.69. The minimum absolute atomic E-state index is 0.197. The van der Waals surface area contributed by atoms with Crippen LogP contribution in [0.5, 0.6) is 0 Å². The van der Waals surface area contributed by atoms with Crippen molar-refractivity contribution in [1.82, 2.24) is 9.80 Å². The molecule has 0 amide bonds. The van der Waals surface area contributed by atoms with Crippen LogP contribution in [0.1, 0.15) is 36.2 Å². The van der Waals surface area contributed by atoms with Gasteiger partial charge in [-0.15, -0.1) is 0 Å². The predicted octanol–water partition coefficient (Wildman–Crippen LogP) is 2.44. The topological polar surface area (TPSA) is 43.8 Å². The van der Waals surface area contributed by atoms with Gasteiger partial charge in [0.15, 0.2) is 0 Å². The van der Waals surface area contributed by atoms with Gasteiger partial charge in [-0.1, -0.05) is 13.8 Å². The van der Waals surface area contributed by atoms with Crippen LogP contribution < -0.4 is 0 Å². The zero-order valence-corrected chi connectivity index (χ0v) is 12.7. The van der Waals surface area contributed by atoms with Crippen LogP contribution in [0.4, 0.5) is 4.39 Å². The highest BCUT2D eigenvalue weighted by molar-refractivity contribution is 5.89. The maximum Gasteiger partial charge on any atom is 0.336 e. The molecule has 1 heterocycles. The summed E-state index contributed by atoms with van der Waals surface area (Å²) in [7, 11) is 0. The first kappa shape index (κ1) is 15.9. The standard InChI is InChI=1S/C16H23FN2O2/c1-3-19(4-2)14-7-8-18(11-14)10-12-9-13(17)5-6-15(12)16(20)21/h5-6,9,14H,3-4,7-8,10-11H2,1-2H3,(H,20,21). The SMILES string of the molecule is CCN(CC)C1CCN(Cc2cc(F)ccc2C(=O)O)C1. The molecule has 1 aliphatic heterocycles. The smallest absolute Gasteiger partial charge is 0.336 e. The zero-order valence-electron chi connectivity index (χ0n) is 12.7. The largest absolute Gasteiger partial charge is 0.478 e. The van der Waals surface area contributed by atoms with Gasteiger partial charge in [0.2, 0.25) is 0 Å². The van der Waals surface area contributed by atoms with Crippen LogP contribution in [-0.4, -0.2) is 53.1 Å². The number of likely N-dealkylation sites (tertiary alicyclic amines) is 1. The Bertz CT molecular complexity index is 503. The van der Waals surface area contributed by atoms with Crippen LogP contribution in [0.3, 0.4) is 0 Å². The first-order valence-corrected chi connectivity index (χ1v) is 7.53. The summed E-state index contributed by atoms with van der Waals surface area (Å²) in [6.07, 6.45) is 1.08. The second-order valence-corrected chi connectivity index (χ2v) is 5.51. The van der Waals surface area contributed by atoms with E-state index in [1.54, 1.807) is 0 Å². The Kier molecular flexibility index (Phi) is 5.31. The van der Waals surface area contributed by atoms with Crippen molar-refractivity contribution >= 4 is 5.97 Å². The molecule has 5 heteroatoms. The fourth-order valence-corrected chi connectivity index (χ4v) is 3.14. The first-order valence-electron chi connectivity index (χ1n) is 7.53. The Hall–Kier alpha value is -1.46. The van der Waals surface area contributed by atoms with Gasteiger partial charge < -0.3 is 5.11 Å². The van der Waals surface area contributed by atoms with Gasteiger partial charge in [-0.3, -0.25) is 9.80 Å². The number of halogens is 1. The second kappa shape index (κ2) is 7.00. The first-order chi connectivity index (χ1) is 10.0. The molecule has 1 fully saturated rings. The number of carbonyl (C=O) groups is 1. The Labute approximate surface area is 125 Å². The fourth-order valence-electron chi connectivity index (χ4n) is 3.14. The Morgan fingerprint density at radius 3 is 2.76 bits per heavy atom. The predicted molar refractivity (Wildman–Crippen MR) is 80.0 cm³/mol. The molecule has 2 rings (SSSR count). The summed E-state index contributed by atoms with van der Waals surface area (Å²) in [4.78, 5) is 15.9. The maximum absolute atomic E-state index is 13.4. The van der Waals surface area contributed by atoms with Crippen LogP contribution in [-0.2, 0) is 6.54 Å². The van der Waals surface area contributed by atoms with Gasteiger partial charge in [-0.25, -0.2) is 9.18 Å². The number of aromatic carboxylic acids is 1. The number of carboxylic acid groups (broad SMARTS) is 1. The number of carboxylic acids is 1. The van der Waals surface area contributed by atoms with Crippen molar-refractivity contribution in [2.75, 3.05) is 26.2 Å². The van der Waals surface area contributed by atoms with Crippen LogP contribution in [0.15, 0.2) is 18.2 Å². The highest BCUT2D eigenvalue weighted by Gasteiger charge is 2.27. The highest BCUT2D eigenvalue weighted by atomic mass is 19.1. The molecule has 1 aromatic carbocycles. The van der Waals surface area contributed by atoms with E-state index in [0.717, 1.165) is 32.6 Å². The lowest BCUT2D eigenvalue weighted by Gasteiger charge is -2.26. The minimum Gasteiger partial charge on any atom is -0.478 e. The fraction of sp³-hybridized carbons (Fsp3) is 0.562. The third kappa shape index (κ3) is 3.80. The molecule has 0 aromatic heterocycles. The normalized spacial score (nSPS) is 19.3. The van der Waals surface area contributed by atoms with Gasteiger partial charge in [0.1, 0.15) is 5.82 Å². The number of benzene rings is 1. The Morgan fingerprint density at radius 1 is 1.43 bits per heavy atom. The van der Waals surface area contributed by atoms with E-state index in [2.05, 4.69) is 23.6 Å². The summed E-state index contributed by atoms with van der Waals surface area (Å²) in [5.74, 6) is -1.38. The summed E-state index contributed by atoms with van der Waals surface area (Å²) in [6, 6.07) is 4.41. The molecule has 1 aliphatic rings. The van der Waals surface area contributed by atoms with Crippen molar-refractivity contribution < 1.29 is 14.3 Å². The van der Waals surface area contributed by atoms with Crippen molar-refractivity contribution in [2.45, 2.75) is 32.9 Å². The van der Waals surface area contributed by atoms with Crippen LogP contribution >= 0.6 is 0 Å². The molecule has 1 N–H and O–H groups in total. The quantitative estimate of drug-likeness (QED) is 0.875. The average Bonchev–Trinajstić information content (AvgIpc) is 2.88. The molecule has 1 atom stereocenters. The molecule has 0 aliphatic carbocycles. The summed E-state index contributed by atoms with van der Waals surface area (Å²) in [5, 5.41) is 9.20. The molecule has 0 saturated carbocycles. The molecule has 1 aromatic rings. The number of rotatable bonds is 6. The van der Waals surface area contributed by atoms with Crippen LogP contribution in [0.2, 0.25) is 0 Å². The van der Waals surface area contributed by atoms with Gasteiger partial charge in [-0.2, -0.15) is 0 Å². The molecule has 1 unspecified atom stereocenters. The van der Waals surface area contributed by atoms with Crippen molar-refractivity contribution in [1.29, 1.82) is 0 Å². The third-order valence-electron chi connectivity index (χ3n) is 4.27. The van der Waals surface area contributed by atoms with Gasteiger partial charge in [0, 0.05) is 25.7 Å². The lowest BCUT2D eigenvalue weighted by molar-refractivity contribution is 0.0694. The van der Waals surface area contributed by atoms with Gasteiger partial charge in [-0.05, 0) is 43.3 Å². The molecular weight excluding hydrogens is 271 g/mol. The number of likely N-dealkylation sites (N-methyl/N-ethyl adjacent to an activating group) is 1. The monoisotopic (exact) mass is 294 g/mol. The lowest BCUT2D eigenvalue weighted by Crippen LogP contribution is -2.37. The van der Waals surface area contributed by atoms with Gasteiger partial charge in [0.05, 0.1) is 5.56 Å². The average molecular weight is 294 g/mol. The highest BCUT2D eigenvalue weighted by Crippen LogP contribution is 2.20. The second-order valence-electron chi connectivity index (χ2n) is 5.51. The van der Waals surface area contributed by atoms with E-state index in [1.165, 1.54) is 18.2 Å². The van der Waals surface area contributed by atoms with E-state index >= 15 is 0 Å². The molecule has 4 nitrogen and oxygen atoms in total. The lowest BCUT2D eigenvalue weighted by atomic mass is 10.1. The third-order valence-corrected chi connectivity index (χ3v) is 4.27. The number of hydrogen-bond donors (Lipinski definition) is 1. The Morgan fingerprint density at radius 2 is 2.14 bits per heavy atom. The van der Waals surface area contributed by atoms with Crippen molar-refractivity contribution in [2.24, 2.45) is 0 Å². The number of nitrogens with zero attached hydrogens (tertiary/aromatic N) is 2. The molecular formula is C16H23FN2O2. The zero-order chi connectivity index (χ0) is 15.4. The van der Waals surface area contributed by atoms with Crippen LogP contribution in [0, 0.1) is 5.82 Å². The van der Waals surface area contributed by atoms with E-state index in [9.17, 15) is 14.3 Å². The molecule has 1 saturated heterocycles. The summed E-state index contributed by atoms with van der Waals surface area (Å²) >= 11 is 0. The van der Waals surface area contributed by atoms with Gasteiger partial charge >= 0.3 is 5.97 Å². The number of hydrogen-bond acceptors (Lipinski definition) is 3. The molecule has 0 radical (unpaired) electrons. The Balaban J connectivity index is 2.06. The van der Waals surface area contributed by atoms with Crippen LogP contribution in [0.25, 0.3) is 0 Å². The molecule has 0 spiro atoms. The summed E-state index contributed by atoms with van der Waals surface area (Å²) in [5.41, 5.74) is 0.755. The van der Waals surface area contributed by atoms with Gasteiger partial charge in [0.25, 0.3) is 0 Å². The van der Waals surface area contributed by atoms with E-state index in [0.29, 0.717) is 18.2 Å². The van der Waals surface area contributed by atoms with Crippen molar-refractivity contribution in [3.05, 3.63) is 35.1 Å². The van der Waals surface area contributed by atoms with Crippen molar-refractivity contribution in [3.63, 3.8) is 0 Å². The molecule has 0 bridgehead atoms. The van der Waals surface area contributed by atoms with Crippen molar-refractivity contribution in [3.8, 4) is 0 Å². The van der Waals surface area contributed by atoms with E-state index in [-0.39, 0.29) is 11.4 Å². The molecule has 21 heavy (non-hydrogen) atoms. The summed E-state index contributed by atoms with van der Waals surface area (Å²) < 4.78 is 13.4. The van der Waals surface area contributed by atoms with E-state index in [4.69, 9.17) is 0 Å². The molecule has 116 valence electrons. The van der Waals surface area contributed by atoms with E-state index in [1.807, 2.05) is 0 Å². The maximum atomic E-state index is 13.4. The van der Waals surface area contributed by atoms with E-state index < -0.39 is 5.97 Å². The minimum atomic E-state index is -0.996.